The van der Waals surface area contributed by atoms with Crippen molar-refractivity contribution in [1.29, 1.82) is 0 Å². The molecule has 0 aliphatic heterocycles. The minimum Gasteiger partial charge on any atom is -0.336 e. The summed E-state index contributed by atoms with van der Waals surface area (Å²) in [4.78, 5) is 11.0. The minimum atomic E-state index is -1.04. The van der Waals surface area contributed by atoms with Crippen molar-refractivity contribution >= 4 is 16.6 Å². The summed E-state index contributed by atoms with van der Waals surface area (Å²) in [6.45, 7) is 7.48. The molecule has 1 aliphatic carbocycles. The van der Waals surface area contributed by atoms with Crippen molar-refractivity contribution in [3.05, 3.63) is 0 Å². The van der Waals surface area contributed by atoms with Gasteiger partial charge < -0.3 is 8.98 Å². The van der Waals surface area contributed by atoms with E-state index in [1.165, 1.54) is 12.8 Å². The number of carbonyl (C=O) groups excluding carboxylic acids is 1. The molecule has 1 fully saturated rings. The molecule has 0 amide bonds. The summed E-state index contributed by atoms with van der Waals surface area (Å²) in [5.74, 6) is 0.689. The average molecular weight is 260 g/mol. The van der Waals surface area contributed by atoms with Gasteiger partial charge in [-0.2, -0.15) is 0 Å². The summed E-state index contributed by atoms with van der Waals surface area (Å²) >= 11 is 0. The van der Waals surface area contributed by atoms with Gasteiger partial charge in [0.05, 0.1) is 6.61 Å². The second-order valence-electron chi connectivity index (χ2n) is 6.47. The summed E-state index contributed by atoms with van der Waals surface area (Å²) in [6, 6.07) is 0. The van der Waals surface area contributed by atoms with Crippen molar-refractivity contribution in [1.82, 2.24) is 0 Å². The summed E-state index contributed by atoms with van der Waals surface area (Å²) in [5.41, 5.74) is 0. The van der Waals surface area contributed by atoms with E-state index in [9.17, 15) is 4.79 Å². The first-order chi connectivity index (χ1) is 7.78. The van der Waals surface area contributed by atoms with Crippen LogP contribution in [-0.4, -0.2) is 30.2 Å². The van der Waals surface area contributed by atoms with E-state index in [0.717, 1.165) is 25.7 Å². The predicted octanol–water partition coefficient (Wildman–Crippen LogP) is 3.79. The number of hydrogen-bond donors (Lipinski definition) is 0. The van der Waals surface area contributed by atoms with Crippen LogP contribution in [0.4, 0.5) is 0 Å². The molecule has 3 heteroatoms. The van der Waals surface area contributed by atoms with E-state index in [-0.39, 0.29) is 10.7 Å². The van der Waals surface area contributed by atoms with Crippen molar-refractivity contribution in [2.75, 3.05) is 19.1 Å². The van der Waals surface area contributed by atoms with Crippen LogP contribution in [0.5, 0.6) is 0 Å². The molecule has 2 unspecified atom stereocenters. The zero-order valence-electron chi connectivity index (χ0n) is 12.0. The molecule has 2 nitrogen and oxygen atoms in total. The van der Waals surface area contributed by atoms with E-state index in [1.54, 1.807) is 0 Å². The van der Waals surface area contributed by atoms with Gasteiger partial charge >= 0.3 is 0 Å². The van der Waals surface area contributed by atoms with Crippen molar-refractivity contribution in [2.24, 2.45) is 11.8 Å². The standard InChI is InChI=1S/C14H28O2S/c1-14(2,3)17(4,5)16-11-13-9-7-6-8-12(13)10-15/h10,12-13H,6-9,11H2,1-5H3. The third-order valence-corrected chi connectivity index (χ3v) is 7.87. The number of rotatable bonds is 4. The molecule has 2 atom stereocenters. The van der Waals surface area contributed by atoms with E-state index in [4.69, 9.17) is 4.18 Å². The molecule has 0 radical (unpaired) electrons. The smallest absolute Gasteiger partial charge is 0.123 e. The summed E-state index contributed by atoms with van der Waals surface area (Å²) in [5, 5.41) is 0. The first kappa shape index (κ1) is 15.0. The molecule has 0 saturated heterocycles. The number of hydrogen-bond acceptors (Lipinski definition) is 2. The fraction of sp³-hybridized carbons (Fsp3) is 0.929. The van der Waals surface area contributed by atoms with Crippen LogP contribution in [0.15, 0.2) is 0 Å². The predicted molar refractivity (Wildman–Crippen MR) is 76.7 cm³/mol. The largest absolute Gasteiger partial charge is 0.336 e. The van der Waals surface area contributed by atoms with Gasteiger partial charge in [-0.25, -0.2) is 0 Å². The topological polar surface area (TPSA) is 26.3 Å². The summed E-state index contributed by atoms with van der Waals surface area (Å²) in [6.07, 6.45) is 10.3. The Kier molecular flexibility index (Phi) is 5.08. The Bertz CT molecular complexity index is 255. The van der Waals surface area contributed by atoms with Gasteiger partial charge in [0, 0.05) is 10.7 Å². The van der Waals surface area contributed by atoms with Crippen LogP contribution in [0.3, 0.4) is 0 Å². The Balaban J connectivity index is 2.51. The lowest BCUT2D eigenvalue weighted by Crippen LogP contribution is -2.30. The molecular weight excluding hydrogens is 232 g/mol. The van der Waals surface area contributed by atoms with Gasteiger partial charge in [-0.05, 0) is 31.3 Å². The third-order valence-electron chi connectivity index (χ3n) is 4.19. The molecule has 0 bridgehead atoms. The quantitative estimate of drug-likeness (QED) is 0.719. The van der Waals surface area contributed by atoms with Gasteiger partial charge in [0.15, 0.2) is 0 Å². The molecule has 17 heavy (non-hydrogen) atoms. The minimum absolute atomic E-state index is 0.207. The normalized spacial score (nSPS) is 27.8. The summed E-state index contributed by atoms with van der Waals surface area (Å²) < 4.78 is 6.40. The molecule has 0 heterocycles. The van der Waals surface area contributed by atoms with Crippen LogP contribution < -0.4 is 0 Å². The molecule has 1 aliphatic rings. The lowest BCUT2D eigenvalue weighted by molar-refractivity contribution is -0.113. The zero-order chi connectivity index (χ0) is 13.1. The van der Waals surface area contributed by atoms with Gasteiger partial charge in [0.25, 0.3) is 0 Å². The molecule has 1 rings (SSSR count). The Labute approximate surface area is 108 Å². The lowest BCUT2D eigenvalue weighted by atomic mass is 9.81. The molecule has 0 aromatic rings. The fourth-order valence-corrected chi connectivity index (χ4v) is 2.93. The van der Waals surface area contributed by atoms with Crippen molar-refractivity contribution in [2.45, 2.75) is 51.2 Å². The third kappa shape index (κ3) is 3.99. The highest BCUT2D eigenvalue weighted by Crippen LogP contribution is 2.54. The van der Waals surface area contributed by atoms with Gasteiger partial charge in [-0.3, -0.25) is 0 Å². The van der Waals surface area contributed by atoms with Gasteiger partial charge in [-0.15, -0.1) is 10.3 Å². The summed E-state index contributed by atoms with van der Waals surface area (Å²) in [7, 11) is -1.04. The lowest BCUT2D eigenvalue weighted by Gasteiger charge is -2.45. The molecule has 0 aromatic carbocycles. The Hall–Kier alpha value is -0.0200. The maximum Gasteiger partial charge on any atom is 0.123 e. The van der Waals surface area contributed by atoms with E-state index >= 15 is 0 Å². The fourth-order valence-electron chi connectivity index (χ4n) is 2.06. The van der Waals surface area contributed by atoms with Crippen LogP contribution in [-0.2, 0) is 8.98 Å². The number of aldehydes is 1. The Morgan fingerprint density at radius 3 is 2.35 bits per heavy atom. The van der Waals surface area contributed by atoms with E-state index in [1.807, 2.05) is 0 Å². The molecule has 0 aromatic heterocycles. The second kappa shape index (κ2) is 5.75. The highest BCUT2D eigenvalue weighted by Gasteiger charge is 2.31. The van der Waals surface area contributed by atoms with Crippen molar-refractivity contribution < 1.29 is 8.98 Å². The van der Waals surface area contributed by atoms with E-state index < -0.39 is 10.3 Å². The van der Waals surface area contributed by atoms with E-state index in [2.05, 4.69) is 33.3 Å². The molecule has 102 valence electrons. The number of carbonyl (C=O) groups is 1. The highest BCUT2D eigenvalue weighted by atomic mass is 32.3. The zero-order valence-corrected chi connectivity index (χ0v) is 12.8. The molecule has 0 N–H and O–H groups in total. The van der Waals surface area contributed by atoms with Crippen molar-refractivity contribution in [3.63, 3.8) is 0 Å². The Morgan fingerprint density at radius 1 is 1.24 bits per heavy atom. The van der Waals surface area contributed by atoms with Crippen molar-refractivity contribution in [3.8, 4) is 0 Å². The van der Waals surface area contributed by atoms with Crippen LogP contribution in [0.1, 0.15) is 46.5 Å². The molecule has 1 saturated carbocycles. The first-order valence-electron chi connectivity index (χ1n) is 6.60. The highest BCUT2D eigenvalue weighted by molar-refractivity contribution is 8.29. The van der Waals surface area contributed by atoms with Gasteiger partial charge in [0.2, 0.25) is 0 Å². The van der Waals surface area contributed by atoms with Crippen LogP contribution in [0, 0.1) is 11.8 Å². The maximum atomic E-state index is 11.0. The Morgan fingerprint density at radius 2 is 1.82 bits per heavy atom. The SMILES string of the molecule is CC(C)(C)S(C)(C)OCC1CCCCC1C=O. The van der Waals surface area contributed by atoms with Crippen LogP contribution in [0.25, 0.3) is 0 Å². The first-order valence-corrected chi connectivity index (χ1v) is 8.98. The molecule has 0 spiro atoms. The van der Waals surface area contributed by atoms with E-state index in [0.29, 0.717) is 5.92 Å². The van der Waals surface area contributed by atoms with Gasteiger partial charge in [0.1, 0.15) is 6.29 Å². The molecular formula is C14H28O2S. The second-order valence-corrected chi connectivity index (χ2v) is 10.4. The maximum absolute atomic E-state index is 11.0. The van der Waals surface area contributed by atoms with Crippen LogP contribution in [0.2, 0.25) is 0 Å². The monoisotopic (exact) mass is 260 g/mol. The average Bonchev–Trinajstić information content (AvgIpc) is 2.25. The van der Waals surface area contributed by atoms with Gasteiger partial charge in [-0.1, -0.05) is 33.6 Å². The van der Waals surface area contributed by atoms with Crippen LogP contribution >= 0.6 is 10.3 Å².